The molecule has 0 spiro atoms. The molecule has 1 saturated carbocycles. The van der Waals surface area contributed by atoms with Gasteiger partial charge in [-0.1, -0.05) is 6.07 Å². The number of halogens is 1. The van der Waals surface area contributed by atoms with E-state index in [1.54, 1.807) is 25.5 Å². The molecule has 0 bridgehead atoms. The summed E-state index contributed by atoms with van der Waals surface area (Å²) in [6.07, 6.45) is 7.00. The van der Waals surface area contributed by atoms with E-state index in [-0.39, 0.29) is 30.1 Å². The van der Waals surface area contributed by atoms with Gasteiger partial charge in [0, 0.05) is 45.4 Å². The van der Waals surface area contributed by atoms with Crippen LogP contribution >= 0.6 is 35.3 Å². The van der Waals surface area contributed by atoms with E-state index >= 15 is 0 Å². The molecule has 1 atom stereocenters. The van der Waals surface area contributed by atoms with Crippen LogP contribution in [0.4, 0.5) is 0 Å². The predicted octanol–water partition coefficient (Wildman–Crippen LogP) is 4.39. The van der Waals surface area contributed by atoms with Crippen LogP contribution in [0.5, 0.6) is 5.88 Å². The smallest absolute Gasteiger partial charge is 0.213 e. The third-order valence-electron chi connectivity index (χ3n) is 5.08. The molecule has 1 unspecified atom stereocenters. The topological polar surface area (TPSA) is 71.9 Å². The Morgan fingerprint density at radius 3 is 2.77 bits per heavy atom. The Morgan fingerprint density at radius 2 is 2.13 bits per heavy atom. The Labute approximate surface area is 200 Å². The number of rotatable bonds is 8. The molecular formula is C21H32IN5O2S. The highest BCUT2D eigenvalue weighted by atomic mass is 127. The van der Waals surface area contributed by atoms with Crippen molar-refractivity contribution in [2.75, 3.05) is 21.2 Å². The molecule has 0 radical (unpaired) electrons. The van der Waals surface area contributed by atoms with E-state index in [1.165, 1.54) is 12.8 Å². The number of hydrogen-bond donors (Lipinski definition) is 1. The molecule has 1 aliphatic rings. The van der Waals surface area contributed by atoms with Gasteiger partial charge in [-0.15, -0.1) is 35.3 Å². The maximum Gasteiger partial charge on any atom is 0.213 e. The standard InChI is InChI=1S/C21H31N5O2S.HI/c1-15(27-4)20-25-17(14-29-20)13-26(3)21(22-2)24-12-16-9-10-19(23-11-16)28-18-7-5-6-8-18;/h9-11,14-15,18H,5-8,12-13H2,1-4H3,(H,22,24);1H. The van der Waals surface area contributed by atoms with Crippen LogP contribution in [0.1, 0.15) is 55.0 Å². The Balaban J connectivity index is 0.00000320. The van der Waals surface area contributed by atoms with E-state index in [2.05, 4.69) is 36.6 Å². The molecule has 1 aliphatic carbocycles. The number of methoxy groups -OCH3 is 1. The van der Waals surface area contributed by atoms with Crippen LogP contribution in [-0.2, 0) is 17.8 Å². The summed E-state index contributed by atoms with van der Waals surface area (Å²) in [7, 11) is 5.49. The van der Waals surface area contributed by atoms with Gasteiger partial charge in [-0.2, -0.15) is 0 Å². The monoisotopic (exact) mass is 545 g/mol. The number of thiazole rings is 1. The second-order valence-corrected chi connectivity index (χ2v) is 8.23. The molecule has 30 heavy (non-hydrogen) atoms. The molecule has 0 amide bonds. The minimum atomic E-state index is 0. The first-order valence-corrected chi connectivity index (χ1v) is 11.0. The van der Waals surface area contributed by atoms with Crippen molar-refractivity contribution >= 4 is 41.3 Å². The average Bonchev–Trinajstić information content (AvgIpc) is 3.41. The van der Waals surface area contributed by atoms with E-state index in [4.69, 9.17) is 9.47 Å². The molecule has 2 heterocycles. The van der Waals surface area contributed by atoms with E-state index < -0.39 is 0 Å². The maximum atomic E-state index is 5.93. The van der Waals surface area contributed by atoms with Crippen molar-refractivity contribution in [1.82, 2.24) is 20.2 Å². The Bertz CT molecular complexity index is 793. The first-order valence-electron chi connectivity index (χ1n) is 10.1. The molecule has 0 aliphatic heterocycles. The molecule has 1 fully saturated rings. The van der Waals surface area contributed by atoms with E-state index in [0.29, 0.717) is 25.1 Å². The van der Waals surface area contributed by atoms with Crippen molar-refractivity contribution in [2.24, 2.45) is 4.99 Å². The number of aromatic nitrogens is 2. The first kappa shape index (κ1) is 24.8. The largest absolute Gasteiger partial charge is 0.474 e. The number of guanidine groups is 1. The van der Waals surface area contributed by atoms with Crippen LogP contribution in [0.3, 0.4) is 0 Å². The third-order valence-corrected chi connectivity index (χ3v) is 6.14. The van der Waals surface area contributed by atoms with Crippen molar-refractivity contribution in [3.63, 3.8) is 0 Å². The van der Waals surface area contributed by atoms with E-state index in [9.17, 15) is 0 Å². The molecule has 2 aromatic rings. The normalized spacial score (nSPS) is 15.5. The molecular weight excluding hydrogens is 513 g/mol. The molecule has 0 aromatic carbocycles. The lowest BCUT2D eigenvalue weighted by atomic mass is 10.3. The third kappa shape index (κ3) is 7.05. The number of hydrogen-bond acceptors (Lipinski definition) is 6. The summed E-state index contributed by atoms with van der Waals surface area (Å²) in [5, 5.41) is 6.45. The van der Waals surface area contributed by atoms with Gasteiger partial charge in [-0.3, -0.25) is 4.99 Å². The second kappa shape index (κ2) is 12.4. The van der Waals surface area contributed by atoms with Crippen molar-refractivity contribution in [1.29, 1.82) is 0 Å². The molecule has 7 nitrogen and oxygen atoms in total. The first-order chi connectivity index (χ1) is 14.1. The Kier molecular flexibility index (Phi) is 10.3. The van der Waals surface area contributed by atoms with Gasteiger partial charge in [0.05, 0.1) is 12.2 Å². The summed E-state index contributed by atoms with van der Waals surface area (Å²) in [4.78, 5) is 15.5. The average molecular weight is 545 g/mol. The highest BCUT2D eigenvalue weighted by molar-refractivity contribution is 14.0. The van der Waals surface area contributed by atoms with Crippen molar-refractivity contribution < 1.29 is 9.47 Å². The molecule has 0 saturated heterocycles. The number of aliphatic imine (C=N–C) groups is 1. The summed E-state index contributed by atoms with van der Waals surface area (Å²) < 4.78 is 11.3. The fourth-order valence-corrected chi connectivity index (χ4v) is 4.17. The van der Waals surface area contributed by atoms with Crippen molar-refractivity contribution in [3.8, 4) is 5.88 Å². The summed E-state index contributed by atoms with van der Waals surface area (Å²) in [5.41, 5.74) is 2.10. The van der Waals surface area contributed by atoms with Crippen LogP contribution in [0.25, 0.3) is 0 Å². The SMILES string of the molecule is CN=C(NCc1ccc(OC2CCCC2)nc1)N(C)Cc1csc(C(C)OC)n1.I. The quantitative estimate of drug-likeness (QED) is 0.302. The van der Waals surface area contributed by atoms with Crippen LogP contribution in [0.15, 0.2) is 28.7 Å². The highest BCUT2D eigenvalue weighted by Gasteiger charge is 2.17. The molecule has 9 heteroatoms. The second-order valence-electron chi connectivity index (χ2n) is 7.34. The predicted molar refractivity (Wildman–Crippen MR) is 132 cm³/mol. The van der Waals surface area contributed by atoms with E-state index in [0.717, 1.165) is 35.1 Å². The number of nitrogens with zero attached hydrogens (tertiary/aromatic N) is 4. The minimum Gasteiger partial charge on any atom is -0.474 e. The summed E-state index contributed by atoms with van der Waals surface area (Å²) in [5.74, 6) is 1.53. The Morgan fingerprint density at radius 1 is 1.37 bits per heavy atom. The molecule has 3 rings (SSSR count). The lowest BCUT2D eigenvalue weighted by molar-refractivity contribution is 0.119. The summed E-state index contributed by atoms with van der Waals surface area (Å²) in [6.45, 7) is 3.33. The van der Waals surface area contributed by atoms with E-state index in [1.807, 2.05) is 26.2 Å². The zero-order chi connectivity index (χ0) is 20.6. The summed E-state index contributed by atoms with van der Waals surface area (Å²) >= 11 is 1.62. The lowest BCUT2D eigenvalue weighted by Gasteiger charge is -2.21. The van der Waals surface area contributed by atoms with Crippen LogP contribution < -0.4 is 10.1 Å². The van der Waals surface area contributed by atoms with Gasteiger partial charge < -0.3 is 19.7 Å². The minimum absolute atomic E-state index is 0. The zero-order valence-corrected chi connectivity index (χ0v) is 21.3. The lowest BCUT2D eigenvalue weighted by Crippen LogP contribution is -2.38. The fourth-order valence-electron chi connectivity index (χ4n) is 3.33. The fraction of sp³-hybridized carbons (Fsp3) is 0.571. The Hall–Kier alpha value is -1.46. The zero-order valence-electron chi connectivity index (χ0n) is 18.1. The van der Waals surface area contributed by atoms with Gasteiger partial charge in [0.2, 0.25) is 5.88 Å². The van der Waals surface area contributed by atoms with Crippen LogP contribution in [0.2, 0.25) is 0 Å². The van der Waals surface area contributed by atoms with Gasteiger partial charge in [0.1, 0.15) is 17.2 Å². The molecule has 166 valence electrons. The van der Waals surface area contributed by atoms with Crippen molar-refractivity contribution in [2.45, 2.75) is 57.9 Å². The highest BCUT2D eigenvalue weighted by Crippen LogP contribution is 2.23. The van der Waals surface area contributed by atoms with Crippen molar-refractivity contribution in [3.05, 3.63) is 40.0 Å². The van der Waals surface area contributed by atoms with Gasteiger partial charge in [0.15, 0.2) is 5.96 Å². The van der Waals surface area contributed by atoms with Crippen LogP contribution in [0, 0.1) is 0 Å². The molecule has 2 aromatic heterocycles. The summed E-state index contributed by atoms with van der Waals surface area (Å²) in [6, 6.07) is 4.01. The number of ether oxygens (including phenoxy) is 2. The van der Waals surface area contributed by atoms with Crippen LogP contribution in [-0.4, -0.2) is 48.1 Å². The van der Waals surface area contributed by atoms with Gasteiger partial charge >= 0.3 is 0 Å². The van der Waals surface area contributed by atoms with Gasteiger partial charge in [0.25, 0.3) is 0 Å². The number of pyridine rings is 1. The number of nitrogens with one attached hydrogen (secondary N) is 1. The van der Waals surface area contributed by atoms with Gasteiger partial charge in [-0.05, 0) is 38.2 Å². The maximum absolute atomic E-state index is 5.93. The molecule has 1 N–H and O–H groups in total. The van der Waals surface area contributed by atoms with Gasteiger partial charge in [-0.25, -0.2) is 9.97 Å².